The lowest BCUT2D eigenvalue weighted by molar-refractivity contribution is 0.112. The molecule has 0 amide bonds. The van der Waals surface area contributed by atoms with Gasteiger partial charge < -0.3 is 0 Å². The van der Waals surface area contributed by atoms with Crippen LogP contribution in [0.1, 0.15) is 10.4 Å². The van der Waals surface area contributed by atoms with Gasteiger partial charge in [0.25, 0.3) is 0 Å². The zero-order valence-corrected chi connectivity index (χ0v) is 10.9. The van der Waals surface area contributed by atoms with Gasteiger partial charge in [-0.1, -0.05) is 42.5 Å². The molecular weight excluding hydrogens is 252 g/mol. The van der Waals surface area contributed by atoms with Gasteiger partial charge >= 0.3 is 0 Å². The Kier molecular flexibility index (Phi) is 2.20. The number of hydrogen-bond acceptors (Lipinski definition) is 2. The first-order valence-electron chi connectivity index (χ1n) is 6.15. The molecule has 0 spiro atoms. The van der Waals surface area contributed by atoms with Gasteiger partial charge in [0.1, 0.15) is 0 Å². The smallest absolute Gasteiger partial charge is 0.151 e. The molecule has 0 atom stereocenters. The summed E-state index contributed by atoms with van der Waals surface area (Å²) in [5, 5.41) is 7.84. The number of hydrogen-bond donors (Lipinski definition) is 0. The number of carbonyl (C=O) groups excluding carboxylic acids is 1. The molecule has 0 fully saturated rings. The van der Waals surface area contributed by atoms with Crippen LogP contribution in [0.2, 0.25) is 0 Å². The fourth-order valence-corrected chi connectivity index (χ4v) is 3.65. The highest BCUT2D eigenvalue weighted by Gasteiger charge is 2.10. The van der Waals surface area contributed by atoms with E-state index in [1.807, 2.05) is 17.5 Å². The minimum Gasteiger partial charge on any atom is -0.298 e. The Balaban J connectivity index is 2.39. The van der Waals surface area contributed by atoms with Crippen molar-refractivity contribution in [2.75, 3.05) is 0 Å². The van der Waals surface area contributed by atoms with Crippen molar-refractivity contribution < 1.29 is 4.79 Å². The molecule has 3 aromatic carbocycles. The quantitative estimate of drug-likeness (QED) is 0.348. The van der Waals surface area contributed by atoms with E-state index in [9.17, 15) is 4.79 Å². The Morgan fingerprint density at radius 1 is 0.842 bits per heavy atom. The monoisotopic (exact) mass is 262 g/mol. The SMILES string of the molecule is O=Cc1csc2ccc3ccc4ccccc4c3c12. The topological polar surface area (TPSA) is 17.1 Å². The van der Waals surface area contributed by atoms with E-state index in [1.54, 1.807) is 11.3 Å². The van der Waals surface area contributed by atoms with Gasteiger partial charge in [0, 0.05) is 21.0 Å². The lowest BCUT2D eigenvalue weighted by Gasteiger charge is -2.06. The van der Waals surface area contributed by atoms with Crippen LogP contribution >= 0.6 is 11.3 Å². The van der Waals surface area contributed by atoms with Gasteiger partial charge in [0.2, 0.25) is 0 Å². The third-order valence-corrected chi connectivity index (χ3v) is 4.57. The number of aldehydes is 1. The number of thiophene rings is 1. The summed E-state index contributed by atoms with van der Waals surface area (Å²) in [5.41, 5.74) is 0.793. The maximum Gasteiger partial charge on any atom is 0.151 e. The van der Waals surface area contributed by atoms with Crippen molar-refractivity contribution in [1.82, 2.24) is 0 Å². The molecule has 19 heavy (non-hydrogen) atoms. The number of benzene rings is 3. The maximum absolute atomic E-state index is 11.3. The Morgan fingerprint density at radius 2 is 1.63 bits per heavy atom. The molecule has 4 aromatic rings. The molecule has 0 radical (unpaired) electrons. The van der Waals surface area contributed by atoms with Crippen molar-refractivity contribution in [3.05, 3.63) is 59.5 Å². The summed E-state index contributed by atoms with van der Waals surface area (Å²) >= 11 is 1.63. The van der Waals surface area contributed by atoms with Gasteiger partial charge in [0.15, 0.2) is 6.29 Å². The molecule has 0 N–H and O–H groups in total. The third kappa shape index (κ3) is 1.44. The molecule has 2 heteroatoms. The van der Waals surface area contributed by atoms with E-state index in [0.29, 0.717) is 0 Å². The van der Waals surface area contributed by atoms with Crippen LogP contribution in [0.15, 0.2) is 53.9 Å². The first kappa shape index (κ1) is 10.7. The lowest BCUT2D eigenvalue weighted by atomic mass is 9.98. The Labute approximate surface area is 114 Å². The number of rotatable bonds is 1. The van der Waals surface area contributed by atoms with Crippen molar-refractivity contribution in [2.24, 2.45) is 0 Å². The van der Waals surface area contributed by atoms with Crippen molar-refractivity contribution >= 4 is 49.3 Å². The summed E-state index contributed by atoms with van der Waals surface area (Å²) in [6.07, 6.45) is 0.958. The summed E-state index contributed by atoms with van der Waals surface area (Å²) < 4.78 is 1.17. The average Bonchev–Trinajstić information content (AvgIpc) is 2.90. The Morgan fingerprint density at radius 3 is 2.53 bits per heavy atom. The predicted octanol–water partition coefficient (Wildman–Crippen LogP) is 5.02. The van der Waals surface area contributed by atoms with Crippen LogP contribution in [0, 0.1) is 0 Å². The largest absolute Gasteiger partial charge is 0.298 e. The molecule has 0 unspecified atom stereocenters. The average molecular weight is 262 g/mol. The first-order valence-corrected chi connectivity index (χ1v) is 7.03. The van der Waals surface area contributed by atoms with Gasteiger partial charge in [-0.25, -0.2) is 0 Å². The first-order chi connectivity index (χ1) is 9.38. The molecule has 0 bridgehead atoms. The Hall–Kier alpha value is -2.19. The standard InChI is InChI=1S/C17H10OS/c18-9-13-10-19-15-8-7-12-6-5-11-3-1-2-4-14(11)16(12)17(13)15/h1-10H. The van der Waals surface area contributed by atoms with Crippen LogP contribution in [-0.2, 0) is 0 Å². The Bertz CT molecular complexity index is 934. The van der Waals surface area contributed by atoms with Crippen LogP contribution in [0.5, 0.6) is 0 Å². The van der Waals surface area contributed by atoms with E-state index in [-0.39, 0.29) is 0 Å². The van der Waals surface area contributed by atoms with Crippen LogP contribution in [0.4, 0.5) is 0 Å². The molecule has 90 valence electrons. The van der Waals surface area contributed by atoms with E-state index in [4.69, 9.17) is 0 Å². The second-order valence-corrected chi connectivity index (χ2v) is 5.54. The molecule has 4 rings (SSSR count). The van der Waals surface area contributed by atoms with Crippen LogP contribution < -0.4 is 0 Å². The summed E-state index contributed by atoms with van der Waals surface area (Å²) in [6.45, 7) is 0. The van der Waals surface area contributed by atoms with Crippen LogP contribution in [-0.4, -0.2) is 6.29 Å². The molecule has 1 heterocycles. The molecule has 1 aromatic heterocycles. The van der Waals surface area contributed by atoms with Crippen LogP contribution in [0.3, 0.4) is 0 Å². The molecule has 0 saturated heterocycles. The molecular formula is C17H10OS. The normalized spacial score (nSPS) is 11.4. The van der Waals surface area contributed by atoms with Gasteiger partial charge in [-0.15, -0.1) is 11.3 Å². The van der Waals surface area contributed by atoms with E-state index >= 15 is 0 Å². The van der Waals surface area contributed by atoms with Crippen molar-refractivity contribution in [1.29, 1.82) is 0 Å². The van der Waals surface area contributed by atoms with Crippen LogP contribution in [0.25, 0.3) is 31.6 Å². The summed E-state index contributed by atoms with van der Waals surface area (Å²) in [5.74, 6) is 0. The summed E-state index contributed by atoms with van der Waals surface area (Å²) in [7, 11) is 0. The molecule has 0 saturated carbocycles. The van der Waals surface area contributed by atoms with E-state index < -0.39 is 0 Å². The van der Waals surface area contributed by atoms with Gasteiger partial charge in [-0.3, -0.25) is 4.79 Å². The maximum atomic E-state index is 11.3. The summed E-state index contributed by atoms with van der Waals surface area (Å²) in [6, 6.07) is 16.8. The highest BCUT2D eigenvalue weighted by molar-refractivity contribution is 7.17. The minimum absolute atomic E-state index is 0.793. The molecule has 0 aliphatic carbocycles. The summed E-state index contributed by atoms with van der Waals surface area (Å²) in [4.78, 5) is 11.3. The zero-order valence-electron chi connectivity index (χ0n) is 10.1. The zero-order chi connectivity index (χ0) is 12.8. The van der Waals surface area contributed by atoms with E-state index in [0.717, 1.165) is 17.2 Å². The minimum atomic E-state index is 0.793. The number of fused-ring (bicyclic) bond motifs is 5. The van der Waals surface area contributed by atoms with Crippen molar-refractivity contribution in [3.8, 4) is 0 Å². The fraction of sp³-hybridized carbons (Fsp3) is 0. The molecule has 0 aliphatic heterocycles. The molecule has 0 aliphatic rings. The second-order valence-electron chi connectivity index (χ2n) is 4.63. The van der Waals surface area contributed by atoms with Gasteiger partial charge in [0.05, 0.1) is 0 Å². The second kappa shape index (κ2) is 3.90. The number of carbonyl (C=O) groups is 1. The highest BCUT2D eigenvalue weighted by Crippen LogP contribution is 2.36. The van der Waals surface area contributed by atoms with Gasteiger partial charge in [-0.2, -0.15) is 0 Å². The lowest BCUT2D eigenvalue weighted by Crippen LogP contribution is -1.81. The molecule has 1 nitrogen and oxygen atoms in total. The van der Waals surface area contributed by atoms with Crippen molar-refractivity contribution in [2.45, 2.75) is 0 Å². The van der Waals surface area contributed by atoms with Crippen molar-refractivity contribution in [3.63, 3.8) is 0 Å². The van der Waals surface area contributed by atoms with E-state index in [2.05, 4.69) is 36.4 Å². The third-order valence-electron chi connectivity index (χ3n) is 3.60. The predicted molar refractivity (Wildman–Crippen MR) is 82.2 cm³/mol. The fourth-order valence-electron chi connectivity index (χ4n) is 2.74. The highest BCUT2D eigenvalue weighted by atomic mass is 32.1. The van der Waals surface area contributed by atoms with Gasteiger partial charge in [-0.05, 0) is 27.6 Å². The van der Waals surface area contributed by atoms with E-state index in [1.165, 1.54) is 26.2 Å².